The topological polar surface area (TPSA) is 80.3 Å². The summed E-state index contributed by atoms with van der Waals surface area (Å²) >= 11 is 0. The van der Waals surface area contributed by atoms with Crippen molar-refractivity contribution in [3.05, 3.63) is 83.6 Å². The number of aromatic nitrogens is 1. The van der Waals surface area contributed by atoms with Gasteiger partial charge in [0.25, 0.3) is 5.91 Å². The highest BCUT2D eigenvalue weighted by Crippen LogP contribution is 2.23. The van der Waals surface area contributed by atoms with Crippen molar-refractivity contribution >= 4 is 23.3 Å². The highest BCUT2D eigenvalue weighted by atomic mass is 16.5. The van der Waals surface area contributed by atoms with Gasteiger partial charge in [-0.3, -0.25) is 9.59 Å². The fourth-order valence-corrected chi connectivity index (χ4v) is 2.65. The molecule has 6 heteroatoms. The van der Waals surface area contributed by atoms with Crippen LogP contribution in [0.1, 0.15) is 28.4 Å². The molecule has 2 amide bonds. The highest BCUT2D eigenvalue weighted by Gasteiger charge is 2.12. The number of rotatable bonds is 6. The molecule has 6 nitrogen and oxygen atoms in total. The smallest absolute Gasteiger partial charge is 0.256 e. The lowest BCUT2D eigenvalue weighted by molar-refractivity contribution is -0.114. The first-order valence-corrected chi connectivity index (χ1v) is 8.84. The minimum atomic E-state index is -0.341. The van der Waals surface area contributed by atoms with Crippen LogP contribution in [0.15, 0.2) is 66.9 Å². The molecule has 1 aromatic heterocycles. The number of amides is 2. The van der Waals surface area contributed by atoms with Gasteiger partial charge in [0, 0.05) is 24.4 Å². The molecule has 3 rings (SSSR count). The first-order chi connectivity index (χ1) is 13.5. The van der Waals surface area contributed by atoms with Gasteiger partial charge in [0.2, 0.25) is 5.91 Å². The van der Waals surface area contributed by atoms with Crippen molar-refractivity contribution in [2.75, 3.05) is 10.6 Å². The van der Waals surface area contributed by atoms with Crippen LogP contribution in [0.3, 0.4) is 0 Å². The summed E-state index contributed by atoms with van der Waals surface area (Å²) < 4.78 is 5.88. The standard InChI is InChI=1S/C22H21N3O3/c1-15-7-3-4-8-18(15)14-28-20-11-6-12-23-21(20)25-22(27)17-9-5-10-19(13-17)24-16(2)26/h3-13H,14H2,1-2H3,(H,24,26)(H,23,25,27). The van der Waals surface area contributed by atoms with Gasteiger partial charge in [-0.25, -0.2) is 4.98 Å². The number of hydrogen-bond acceptors (Lipinski definition) is 4. The van der Waals surface area contributed by atoms with Gasteiger partial charge in [-0.05, 0) is 48.4 Å². The summed E-state index contributed by atoms with van der Waals surface area (Å²) in [5.41, 5.74) is 3.15. The van der Waals surface area contributed by atoms with E-state index < -0.39 is 0 Å². The summed E-state index contributed by atoms with van der Waals surface area (Å²) in [5.74, 6) is 0.281. The third-order valence-electron chi connectivity index (χ3n) is 4.09. The Labute approximate surface area is 163 Å². The summed E-state index contributed by atoms with van der Waals surface area (Å²) in [6.07, 6.45) is 1.59. The van der Waals surface area contributed by atoms with Crippen LogP contribution in [0.5, 0.6) is 5.75 Å². The molecular formula is C22H21N3O3. The summed E-state index contributed by atoms with van der Waals surface area (Å²) in [5, 5.41) is 5.43. The highest BCUT2D eigenvalue weighted by molar-refractivity contribution is 6.05. The second kappa shape index (κ2) is 8.81. The number of anilines is 2. The lowest BCUT2D eigenvalue weighted by atomic mass is 10.1. The van der Waals surface area contributed by atoms with Crippen LogP contribution in [0, 0.1) is 6.92 Å². The van der Waals surface area contributed by atoms with Gasteiger partial charge < -0.3 is 15.4 Å². The maximum absolute atomic E-state index is 12.6. The predicted octanol–water partition coefficient (Wildman–Crippen LogP) is 4.18. The van der Waals surface area contributed by atoms with E-state index in [-0.39, 0.29) is 11.8 Å². The van der Waals surface area contributed by atoms with Crippen LogP contribution in [0.25, 0.3) is 0 Å². The second-order valence-corrected chi connectivity index (χ2v) is 6.28. The monoisotopic (exact) mass is 375 g/mol. The van der Waals surface area contributed by atoms with E-state index in [0.717, 1.165) is 11.1 Å². The van der Waals surface area contributed by atoms with Gasteiger partial charge in [-0.1, -0.05) is 30.3 Å². The van der Waals surface area contributed by atoms with Crippen LogP contribution in [-0.4, -0.2) is 16.8 Å². The number of carbonyl (C=O) groups excluding carboxylic acids is 2. The summed E-state index contributed by atoms with van der Waals surface area (Å²) in [4.78, 5) is 28.0. The first kappa shape index (κ1) is 19.1. The Kier molecular flexibility index (Phi) is 6.01. The lowest BCUT2D eigenvalue weighted by Crippen LogP contribution is -2.15. The van der Waals surface area contributed by atoms with E-state index in [1.807, 2.05) is 31.2 Å². The van der Waals surface area contributed by atoms with Crippen molar-refractivity contribution in [3.8, 4) is 5.75 Å². The molecule has 1 heterocycles. The number of nitrogens with zero attached hydrogens (tertiary/aromatic N) is 1. The van der Waals surface area contributed by atoms with Gasteiger partial charge in [0.05, 0.1) is 0 Å². The van der Waals surface area contributed by atoms with Crippen LogP contribution >= 0.6 is 0 Å². The number of hydrogen-bond donors (Lipinski definition) is 2. The molecule has 0 spiro atoms. The molecule has 0 saturated carbocycles. The number of benzene rings is 2. The Morgan fingerprint density at radius 2 is 1.82 bits per heavy atom. The SMILES string of the molecule is CC(=O)Nc1cccc(C(=O)Nc2ncccc2OCc2ccccc2C)c1. The molecule has 2 N–H and O–H groups in total. The second-order valence-electron chi connectivity index (χ2n) is 6.28. The quantitative estimate of drug-likeness (QED) is 0.677. The molecule has 0 radical (unpaired) electrons. The zero-order chi connectivity index (χ0) is 19.9. The van der Waals surface area contributed by atoms with E-state index in [2.05, 4.69) is 15.6 Å². The van der Waals surface area contributed by atoms with Gasteiger partial charge in [-0.2, -0.15) is 0 Å². The molecule has 0 fully saturated rings. The predicted molar refractivity (Wildman–Crippen MR) is 108 cm³/mol. The van der Waals surface area contributed by atoms with Crippen molar-refractivity contribution in [2.45, 2.75) is 20.5 Å². The van der Waals surface area contributed by atoms with Crippen molar-refractivity contribution in [3.63, 3.8) is 0 Å². The van der Waals surface area contributed by atoms with E-state index in [9.17, 15) is 9.59 Å². The van der Waals surface area contributed by atoms with E-state index in [1.54, 1.807) is 42.6 Å². The number of nitrogens with one attached hydrogen (secondary N) is 2. The van der Waals surface area contributed by atoms with Crippen LogP contribution < -0.4 is 15.4 Å². The third-order valence-corrected chi connectivity index (χ3v) is 4.09. The van der Waals surface area contributed by atoms with Crippen LogP contribution in [0.4, 0.5) is 11.5 Å². The molecule has 0 unspecified atom stereocenters. The van der Waals surface area contributed by atoms with Gasteiger partial charge >= 0.3 is 0 Å². The molecule has 0 bridgehead atoms. The molecule has 0 aliphatic carbocycles. The Morgan fingerprint density at radius 1 is 1.00 bits per heavy atom. The molecule has 28 heavy (non-hydrogen) atoms. The van der Waals surface area contributed by atoms with Gasteiger partial charge in [0.1, 0.15) is 6.61 Å². The van der Waals surface area contributed by atoms with Crippen LogP contribution in [-0.2, 0) is 11.4 Å². The number of pyridine rings is 1. The maximum Gasteiger partial charge on any atom is 0.256 e. The minimum absolute atomic E-state index is 0.200. The Hall–Kier alpha value is -3.67. The molecule has 0 aliphatic heterocycles. The minimum Gasteiger partial charge on any atom is -0.485 e. The molecule has 0 saturated heterocycles. The Morgan fingerprint density at radius 3 is 2.61 bits per heavy atom. The molecular weight excluding hydrogens is 354 g/mol. The molecule has 0 aliphatic rings. The fraction of sp³-hybridized carbons (Fsp3) is 0.136. The lowest BCUT2D eigenvalue weighted by Gasteiger charge is -2.13. The van der Waals surface area contributed by atoms with E-state index >= 15 is 0 Å². The molecule has 2 aromatic carbocycles. The first-order valence-electron chi connectivity index (χ1n) is 8.84. The van der Waals surface area contributed by atoms with Gasteiger partial charge in [-0.15, -0.1) is 0 Å². The van der Waals surface area contributed by atoms with Crippen molar-refractivity contribution in [1.82, 2.24) is 4.98 Å². The van der Waals surface area contributed by atoms with Crippen molar-refractivity contribution in [2.24, 2.45) is 0 Å². The summed E-state index contributed by atoms with van der Waals surface area (Å²) in [6.45, 7) is 3.81. The zero-order valence-corrected chi connectivity index (χ0v) is 15.7. The fourth-order valence-electron chi connectivity index (χ4n) is 2.65. The number of carbonyl (C=O) groups is 2. The maximum atomic E-state index is 12.6. The van der Waals surface area contributed by atoms with Gasteiger partial charge in [0.15, 0.2) is 11.6 Å². The Balaban J connectivity index is 1.73. The van der Waals surface area contributed by atoms with Crippen molar-refractivity contribution in [1.29, 1.82) is 0 Å². The third kappa shape index (κ3) is 4.94. The van der Waals surface area contributed by atoms with E-state index in [4.69, 9.17) is 4.74 Å². The normalized spacial score (nSPS) is 10.2. The van der Waals surface area contributed by atoms with Crippen LogP contribution in [0.2, 0.25) is 0 Å². The molecule has 0 atom stereocenters. The Bertz CT molecular complexity index is 1000. The molecule has 3 aromatic rings. The molecule has 142 valence electrons. The van der Waals surface area contributed by atoms with Crippen molar-refractivity contribution < 1.29 is 14.3 Å². The van der Waals surface area contributed by atoms with E-state index in [1.165, 1.54) is 6.92 Å². The van der Waals surface area contributed by atoms with E-state index in [0.29, 0.717) is 29.4 Å². The average molecular weight is 375 g/mol. The summed E-state index contributed by atoms with van der Waals surface area (Å²) in [6, 6.07) is 18.2. The largest absolute Gasteiger partial charge is 0.485 e. The zero-order valence-electron chi connectivity index (χ0n) is 15.7. The number of ether oxygens (including phenoxy) is 1. The average Bonchev–Trinajstić information content (AvgIpc) is 2.68. The summed E-state index contributed by atoms with van der Waals surface area (Å²) in [7, 11) is 0. The number of aryl methyl sites for hydroxylation is 1.